The highest BCUT2D eigenvalue weighted by molar-refractivity contribution is 9.10. The molecule has 4 heteroatoms. The standard InChI is InChI=1S/C14H22BrN3/c1-17(10-12-4-3-7-18(12)2)9-11-5-6-13(15)14(16)8-11/h5-6,8,12H,3-4,7,9-10,16H2,1-2H3. The largest absolute Gasteiger partial charge is 0.398 e. The molecule has 0 saturated carbocycles. The van der Waals surface area contributed by atoms with E-state index < -0.39 is 0 Å². The van der Waals surface area contributed by atoms with E-state index in [2.05, 4.69) is 52.0 Å². The molecule has 0 spiro atoms. The zero-order valence-electron chi connectivity index (χ0n) is 11.2. The lowest BCUT2D eigenvalue weighted by molar-refractivity contribution is 0.215. The number of nitrogens with zero attached hydrogens (tertiary/aromatic N) is 2. The number of halogens is 1. The van der Waals surface area contributed by atoms with Crippen LogP contribution in [0.15, 0.2) is 22.7 Å². The van der Waals surface area contributed by atoms with Crippen molar-refractivity contribution in [2.24, 2.45) is 0 Å². The molecule has 1 aromatic carbocycles. The van der Waals surface area contributed by atoms with E-state index >= 15 is 0 Å². The number of hydrogen-bond donors (Lipinski definition) is 1. The SMILES string of the molecule is CN(Cc1ccc(Br)c(N)c1)CC1CCCN1C. The smallest absolute Gasteiger partial charge is 0.0461 e. The average molecular weight is 312 g/mol. The number of anilines is 1. The second-order valence-electron chi connectivity index (χ2n) is 5.33. The van der Waals surface area contributed by atoms with Crippen LogP contribution in [0, 0.1) is 0 Å². The molecule has 1 fully saturated rings. The van der Waals surface area contributed by atoms with E-state index in [-0.39, 0.29) is 0 Å². The van der Waals surface area contributed by atoms with Gasteiger partial charge in [0.1, 0.15) is 0 Å². The molecule has 0 aromatic heterocycles. The Hall–Kier alpha value is -0.580. The minimum atomic E-state index is 0.711. The van der Waals surface area contributed by atoms with E-state index in [0.717, 1.165) is 23.2 Å². The Morgan fingerprint density at radius 2 is 2.28 bits per heavy atom. The van der Waals surface area contributed by atoms with Crippen molar-refractivity contribution in [2.75, 3.05) is 32.9 Å². The third-order valence-electron chi connectivity index (χ3n) is 3.71. The summed E-state index contributed by atoms with van der Waals surface area (Å²) >= 11 is 3.43. The van der Waals surface area contributed by atoms with Crippen molar-refractivity contribution >= 4 is 21.6 Å². The van der Waals surface area contributed by atoms with Crippen molar-refractivity contribution in [2.45, 2.75) is 25.4 Å². The Labute approximate surface area is 118 Å². The van der Waals surface area contributed by atoms with Crippen molar-refractivity contribution in [3.05, 3.63) is 28.2 Å². The minimum Gasteiger partial charge on any atom is -0.398 e. The van der Waals surface area contributed by atoms with Crippen LogP contribution in [0.5, 0.6) is 0 Å². The fraction of sp³-hybridized carbons (Fsp3) is 0.571. The average Bonchev–Trinajstić information content (AvgIpc) is 2.70. The third kappa shape index (κ3) is 3.46. The van der Waals surface area contributed by atoms with Gasteiger partial charge in [-0.15, -0.1) is 0 Å². The Bertz CT molecular complexity index is 408. The first-order valence-electron chi connectivity index (χ1n) is 6.49. The molecule has 1 atom stereocenters. The van der Waals surface area contributed by atoms with Crippen LogP contribution in [0.2, 0.25) is 0 Å². The Morgan fingerprint density at radius 1 is 1.50 bits per heavy atom. The summed E-state index contributed by atoms with van der Waals surface area (Å²) in [6.45, 7) is 3.33. The quantitative estimate of drug-likeness (QED) is 0.867. The molecule has 1 aliphatic rings. The van der Waals surface area contributed by atoms with Gasteiger partial charge in [-0.05, 0) is 67.1 Å². The lowest BCUT2D eigenvalue weighted by Crippen LogP contribution is -2.36. The molecule has 1 aliphatic heterocycles. The maximum Gasteiger partial charge on any atom is 0.0461 e. The number of hydrogen-bond acceptors (Lipinski definition) is 3. The van der Waals surface area contributed by atoms with Gasteiger partial charge >= 0.3 is 0 Å². The Kier molecular flexibility index (Phi) is 4.65. The second-order valence-corrected chi connectivity index (χ2v) is 6.18. The van der Waals surface area contributed by atoms with E-state index in [4.69, 9.17) is 5.73 Å². The monoisotopic (exact) mass is 311 g/mol. The van der Waals surface area contributed by atoms with Gasteiger partial charge in [0.05, 0.1) is 0 Å². The highest BCUT2D eigenvalue weighted by atomic mass is 79.9. The van der Waals surface area contributed by atoms with Crippen LogP contribution in [0.1, 0.15) is 18.4 Å². The molecule has 0 aliphatic carbocycles. The minimum absolute atomic E-state index is 0.711. The predicted octanol–water partition coefficient (Wildman–Crippen LogP) is 2.56. The molecule has 0 radical (unpaired) electrons. The van der Waals surface area contributed by atoms with Crippen molar-refractivity contribution in [1.29, 1.82) is 0 Å². The van der Waals surface area contributed by atoms with Crippen LogP contribution >= 0.6 is 15.9 Å². The van der Waals surface area contributed by atoms with Crippen LogP contribution in [-0.2, 0) is 6.54 Å². The Morgan fingerprint density at radius 3 is 2.89 bits per heavy atom. The maximum atomic E-state index is 5.91. The molecule has 0 amide bonds. The number of likely N-dealkylation sites (tertiary alicyclic amines) is 1. The van der Waals surface area contributed by atoms with Crippen molar-refractivity contribution in [3.63, 3.8) is 0 Å². The van der Waals surface area contributed by atoms with Gasteiger partial charge in [-0.25, -0.2) is 0 Å². The van der Waals surface area contributed by atoms with E-state index in [0.29, 0.717) is 6.04 Å². The van der Waals surface area contributed by atoms with Gasteiger partial charge in [-0.1, -0.05) is 6.07 Å². The van der Waals surface area contributed by atoms with Crippen LogP contribution < -0.4 is 5.73 Å². The summed E-state index contributed by atoms with van der Waals surface area (Å²) in [6.07, 6.45) is 2.66. The fourth-order valence-electron chi connectivity index (χ4n) is 2.64. The first kappa shape index (κ1) is 13.8. The summed E-state index contributed by atoms with van der Waals surface area (Å²) in [5, 5.41) is 0. The molecule has 1 unspecified atom stereocenters. The molecule has 1 aromatic rings. The van der Waals surface area contributed by atoms with Gasteiger partial charge in [-0.2, -0.15) is 0 Å². The normalized spacial score (nSPS) is 20.8. The first-order valence-corrected chi connectivity index (χ1v) is 7.28. The van der Waals surface area contributed by atoms with E-state index in [1.165, 1.54) is 24.9 Å². The summed E-state index contributed by atoms with van der Waals surface area (Å²) in [5.74, 6) is 0. The van der Waals surface area contributed by atoms with Gasteiger partial charge in [0.2, 0.25) is 0 Å². The molecule has 1 heterocycles. The maximum absolute atomic E-state index is 5.91. The zero-order valence-corrected chi connectivity index (χ0v) is 12.8. The summed E-state index contributed by atoms with van der Waals surface area (Å²) < 4.78 is 0.976. The van der Waals surface area contributed by atoms with Crippen LogP contribution in [-0.4, -0.2) is 43.0 Å². The van der Waals surface area contributed by atoms with E-state index in [9.17, 15) is 0 Å². The highest BCUT2D eigenvalue weighted by Crippen LogP contribution is 2.21. The molecular weight excluding hydrogens is 290 g/mol. The van der Waals surface area contributed by atoms with E-state index in [1.54, 1.807) is 0 Å². The number of nitrogens with two attached hydrogens (primary N) is 1. The van der Waals surface area contributed by atoms with Gasteiger partial charge in [0.15, 0.2) is 0 Å². The second kappa shape index (κ2) is 6.04. The van der Waals surface area contributed by atoms with Crippen LogP contribution in [0.25, 0.3) is 0 Å². The van der Waals surface area contributed by atoms with Gasteiger partial charge in [0, 0.05) is 29.3 Å². The highest BCUT2D eigenvalue weighted by Gasteiger charge is 2.21. The molecule has 2 rings (SSSR count). The zero-order chi connectivity index (χ0) is 13.1. The third-order valence-corrected chi connectivity index (χ3v) is 4.43. The molecule has 100 valence electrons. The van der Waals surface area contributed by atoms with Gasteiger partial charge < -0.3 is 15.5 Å². The summed E-state index contributed by atoms with van der Waals surface area (Å²) in [7, 11) is 4.41. The lowest BCUT2D eigenvalue weighted by Gasteiger charge is -2.25. The number of likely N-dealkylation sites (N-methyl/N-ethyl adjacent to an activating group) is 2. The number of rotatable bonds is 4. The molecule has 1 saturated heterocycles. The fourth-order valence-corrected chi connectivity index (χ4v) is 2.88. The van der Waals surface area contributed by atoms with Gasteiger partial charge in [-0.3, -0.25) is 0 Å². The molecule has 18 heavy (non-hydrogen) atoms. The summed E-state index contributed by atoms with van der Waals surface area (Å²) in [6, 6.07) is 6.93. The van der Waals surface area contributed by atoms with Crippen molar-refractivity contribution < 1.29 is 0 Å². The first-order chi connectivity index (χ1) is 8.56. The predicted molar refractivity (Wildman–Crippen MR) is 80.5 cm³/mol. The number of benzene rings is 1. The Balaban J connectivity index is 1.90. The summed E-state index contributed by atoms with van der Waals surface area (Å²) in [5.41, 5.74) is 8.00. The summed E-state index contributed by atoms with van der Waals surface area (Å²) in [4.78, 5) is 4.85. The molecule has 2 N–H and O–H groups in total. The molecule has 3 nitrogen and oxygen atoms in total. The molecule has 0 bridgehead atoms. The topological polar surface area (TPSA) is 32.5 Å². The lowest BCUT2D eigenvalue weighted by atomic mass is 10.1. The van der Waals surface area contributed by atoms with Crippen molar-refractivity contribution in [1.82, 2.24) is 9.80 Å². The number of nitrogen functional groups attached to an aromatic ring is 1. The van der Waals surface area contributed by atoms with Crippen molar-refractivity contribution in [3.8, 4) is 0 Å². The van der Waals surface area contributed by atoms with Crippen LogP contribution in [0.3, 0.4) is 0 Å². The van der Waals surface area contributed by atoms with Gasteiger partial charge in [0.25, 0.3) is 0 Å². The van der Waals surface area contributed by atoms with Crippen LogP contribution in [0.4, 0.5) is 5.69 Å². The van der Waals surface area contributed by atoms with E-state index in [1.807, 2.05) is 6.07 Å². The molecular formula is C14H22BrN3.